The van der Waals surface area contributed by atoms with E-state index in [4.69, 9.17) is 14.2 Å². The molecule has 0 spiro atoms. The van der Waals surface area contributed by atoms with Gasteiger partial charge in [-0.3, -0.25) is 4.79 Å². The highest BCUT2D eigenvalue weighted by molar-refractivity contribution is 5.84. The van der Waals surface area contributed by atoms with Crippen LogP contribution in [0.4, 0.5) is 4.79 Å². The van der Waals surface area contributed by atoms with Gasteiger partial charge in [-0.25, -0.2) is 9.59 Å². The number of hydrogen-bond donors (Lipinski definition) is 0. The third-order valence-corrected chi connectivity index (χ3v) is 10.6. The van der Waals surface area contributed by atoms with Gasteiger partial charge in [0.2, 0.25) is 6.10 Å². The number of rotatable bonds is 41. The second-order valence-corrected chi connectivity index (χ2v) is 16.3. The maximum atomic E-state index is 13.0. The Balaban J connectivity index is 4.17. The quantitative estimate of drug-likeness (QED) is 0.0348. The van der Waals surface area contributed by atoms with Gasteiger partial charge in [0.15, 0.2) is 0 Å². The molecule has 0 fully saturated rings. The first-order valence-corrected chi connectivity index (χ1v) is 23.2. The highest BCUT2D eigenvalue weighted by Crippen LogP contribution is 2.16. The van der Waals surface area contributed by atoms with Crippen molar-refractivity contribution in [2.75, 3.05) is 47.4 Å². The average Bonchev–Trinajstić information content (AvgIpc) is 3.15. The fraction of sp³-hybridized carbons (Fsp3) is 0.935. The van der Waals surface area contributed by atoms with E-state index in [0.717, 1.165) is 38.5 Å². The van der Waals surface area contributed by atoms with Crippen LogP contribution in [-0.4, -0.2) is 81.4 Å². The molecule has 0 aliphatic carbocycles. The van der Waals surface area contributed by atoms with Crippen LogP contribution in [0.2, 0.25) is 0 Å². The van der Waals surface area contributed by atoms with Crippen LogP contribution in [0.25, 0.3) is 0 Å². The van der Waals surface area contributed by atoms with Crippen molar-refractivity contribution in [3.8, 4) is 0 Å². The number of carbonyl (C=O) groups excluding carboxylic acids is 3. The van der Waals surface area contributed by atoms with Crippen molar-refractivity contribution < 1.29 is 28.6 Å². The zero-order valence-electron chi connectivity index (χ0n) is 36.6. The Morgan fingerprint density at radius 2 is 0.741 bits per heavy atom. The minimum atomic E-state index is -1.31. The van der Waals surface area contributed by atoms with Gasteiger partial charge in [-0.2, -0.15) is 0 Å². The molecular weight excluding hydrogens is 677 g/mol. The summed E-state index contributed by atoms with van der Waals surface area (Å²) in [5.41, 5.74) is 0. The van der Waals surface area contributed by atoms with Crippen molar-refractivity contribution in [1.29, 1.82) is 0 Å². The summed E-state index contributed by atoms with van der Waals surface area (Å²) < 4.78 is 16.4. The van der Waals surface area contributed by atoms with Crippen LogP contribution in [0.15, 0.2) is 0 Å². The van der Waals surface area contributed by atoms with E-state index in [1.807, 2.05) is 19.0 Å². The molecule has 0 aromatic heterocycles. The molecule has 0 aliphatic heterocycles. The monoisotopic (exact) mass is 767 g/mol. The molecular formula is C46H90N2O6. The molecule has 0 saturated heterocycles. The van der Waals surface area contributed by atoms with Crippen molar-refractivity contribution in [3.63, 3.8) is 0 Å². The van der Waals surface area contributed by atoms with Crippen molar-refractivity contribution in [2.45, 2.75) is 232 Å². The minimum absolute atomic E-state index is 0.260. The lowest BCUT2D eigenvalue weighted by molar-refractivity contribution is -0.160. The molecule has 0 unspecified atom stereocenters. The molecule has 8 heteroatoms. The standard InChI is InChI=1S/C46H90N2O6/c1-6-8-10-12-14-16-18-20-22-24-26-28-30-32-34-36-40-52-44(49)42-43(54-46(51)48(5)39-38-47(3)4)45(50)53-41-37-35-33-31-29-27-25-23-21-19-17-15-13-11-9-7-2/h43H,6-42H2,1-5H3/t43-/m0/s1. The molecule has 8 nitrogen and oxygen atoms in total. The van der Waals surface area contributed by atoms with Crippen LogP contribution < -0.4 is 0 Å². The van der Waals surface area contributed by atoms with Gasteiger partial charge in [0, 0.05) is 20.1 Å². The second-order valence-electron chi connectivity index (χ2n) is 16.3. The molecule has 0 radical (unpaired) electrons. The summed E-state index contributed by atoms with van der Waals surface area (Å²) in [6.45, 7) is 6.21. The van der Waals surface area contributed by atoms with Crippen LogP contribution in [0.3, 0.4) is 0 Å². The first kappa shape index (κ1) is 52.2. The smallest absolute Gasteiger partial charge is 0.410 e. The number of ether oxygens (including phenoxy) is 3. The van der Waals surface area contributed by atoms with E-state index in [9.17, 15) is 14.4 Å². The molecule has 0 aliphatic rings. The molecule has 320 valence electrons. The van der Waals surface area contributed by atoms with Crippen LogP contribution in [0.5, 0.6) is 0 Å². The number of carbonyl (C=O) groups is 3. The lowest BCUT2D eigenvalue weighted by atomic mass is 10.0. The molecule has 0 heterocycles. The van der Waals surface area contributed by atoms with E-state index < -0.39 is 24.1 Å². The first-order chi connectivity index (χ1) is 26.3. The predicted molar refractivity (Wildman–Crippen MR) is 227 cm³/mol. The zero-order chi connectivity index (χ0) is 39.7. The maximum Gasteiger partial charge on any atom is 0.410 e. The number of amides is 1. The van der Waals surface area contributed by atoms with Gasteiger partial charge in [-0.05, 0) is 26.9 Å². The van der Waals surface area contributed by atoms with E-state index in [0.29, 0.717) is 19.7 Å². The average molecular weight is 767 g/mol. The van der Waals surface area contributed by atoms with Crippen molar-refractivity contribution in [1.82, 2.24) is 9.80 Å². The van der Waals surface area contributed by atoms with Crippen molar-refractivity contribution in [2.24, 2.45) is 0 Å². The van der Waals surface area contributed by atoms with E-state index in [2.05, 4.69) is 13.8 Å². The molecule has 0 N–H and O–H groups in total. The van der Waals surface area contributed by atoms with Gasteiger partial charge in [-0.15, -0.1) is 0 Å². The second kappa shape index (κ2) is 40.8. The predicted octanol–water partition coefficient (Wildman–Crippen LogP) is 13.0. The summed E-state index contributed by atoms with van der Waals surface area (Å²) in [6.07, 6.45) is 38.7. The molecule has 0 saturated carbocycles. The van der Waals surface area contributed by atoms with Gasteiger partial charge < -0.3 is 24.0 Å². The fourth-order valence-corrected chi connectivity index (χ4v) is 6.79. The van der Waals surface area contributed by atoms with Gasteiger partial charge in [0.25, 0.3) is 0 Å². The fourth-order valence-electron chi connectivity index (χ4n) is 6.79. The van der Waals surface area contributed by atoms with Gasteiger partial charge in [0.1, 0.15) is 0 Å². The third-order valence-electron chi connectivity index (χ3n) is 10.6. The summed E-state index contributed by atoms with van der Waals surface area (Å²) in [4.78, 5) is 41.8. The number of likely N-dealkylation sites (N-methyl/N-ethyl adjacent to an activating group) is 2. The van der Waals surface area contributed by atoms with E-state index in [-0.39, 0.29) is 13.0 Å². The lowest BCUT2D eigenvalue weighted by Crippen LogP contribution is -2.39. The van der Waals surface area contributed by atoms with Crippen molar-refractivity contribution >= 4 is 18.0 Å². The highest BCUT2D eigenvalue weighted by Gasteiger charge is 2.29. The van der Waals surface area contributed by atoms with Crippen LogP contribution >= 0.6 is 0 Å². The Morgan fingerprint density at radius 1 is 0.426 bits per heavy atom. The Bertz CT molecular complexity index is 838. The summed E-state index contributed by atoms with van der Waals surface area (Å²) in [5.74, 6) is -1.21. The first-order valence-electron chi connectivity index (χ1n) is 23.2. The van der Waals surface area contributed by atoms with E-state index >= 15 is 0 Å². The van der Waals surface area contributed by atoms with Gasteiger partial charge >= 0.3 is 18.0 Å². The highest BCUT2D eigenvalue weighted by atomic mass is 16.6. The van der Waals surface area contributed by atoms with Crippen LogP contribution in [0, 0.1) is 0 Å². The molecule has 1 amide bonds. The van der Waals surface area contributed by atoms with E-state index in [1.165, 1.54) is 172 Å². The van der Waals surface area contributed by atoms with Crippen molar-refractivity contribution in [3.05, 3.63) is 0 Å². The molecule has 0 rings (SSSR count). The number of hydrogen-bond acceptors (Lipinski definition) is 7. The number of esters is 2. The zero-order valence-corrected chi connectivity index (χ0v) is 36.6. The van der Waals surface area contributed by atoms with Gasteiger partial charge in [-0.1, -0.05) is 206 Å². The Hall–Kier alpha value is -1.83. The Morgan fingerprint density at radius 3 is 1.07 bits per heavy atom. The molecule has 0 aromatic carbocycles. The minimum Gasteiger partial charge on any atom is -0.466 e. The number of nitrogens with zero attached hydrogens (tertiary/aromatic N) is 2. The normalized spacial score (nSPS) is 11.9. The molecule has 0 aromatic rings. The largest absolute Gasteiger partial charge is 0.466 e. The summed E-state index contributed by atoms with van der Waals surface area (Å²) >= 11 is 0. The van der Waals surface area contributed by atoms with Gasteiger partial charge in [0.05, 0.1) is 19.6 Å². The van der Waals surface area contributed by atoms with Crippen LogP contribution in [0.1, 0.15) is 226 Å². The number of unbranched alkanes of at least 4 members (excludes halogenated alkanes) is 30. The summed E-state index contributed by atoms with van der Waals surface area (Å²) in [6, 6.07) is 0. The molecule has 0 bridgehead atoms. The Kier molecular flexibility index (Phi) is 39.4. The summed E-state index contributed by atoms with van der Waals surface area (Å²) in [5, 5.41) is 0. The molecule has 54 heavy (non-hydrogen) atoms. The maximum absolute atomic E-state index is 13.0. The lowest BCUT2D eigenvalue weighted by Gasteiger charge is -2.22. The summed E-state index contributed by atoms with van der Waals surface area (Å²) in [7, 11) is 5.47. The Labute approximate surface area is 335 Å². The van der Waals surface area contributed by atoms with E-state index in [1.54, 1.807) is 7.05 Å². The third kappa shape index (κ3) is 37.1. The SMILES string of the molecule is CCCCCCCCCCCCCCCCCCOC(=O)C[C@H](OC(=O)N(C)CCN(C)C)C(=O)OCCCCCCCCCCCCCCCCCC. The molecule has 1 atom stereocenters. The van der Waals surface area contributed by atoms with Crippen LogP contribution in [-0.2, 0) is 23.8 Å². The topological polar surface area (TPSA) is 85.4 Å².